The van der Waals surface area contributed by atoms with Crippen molar-refractivity contribution in [2.75, 3.05) is 11.9 Å². The van der Waals surface area contributed by atoms with Gasteiger partial charge >= 0.3 is 0 Å². The first-order valence-corrected chi connectivity index (χ1v) is 6.98. The maximum absolute atomic E-state index is 4.38. The molecule has 1 aromatic carbocycles. The molecule has 1 aliphatic heterocycles. The van der Waals surface area contributed by atoms with E-state index in [1.807, 2.05) is 4.68 Å². The highest BCUT2D eigenvalue weighted by Crippen LogP contribution is 2.24. The molecule has 3 rings (SSSR count). The normalized spacial score (nSPS) is 14.3. The predicted molar refractivity (Wildman–Crippen MR) is 76.5 cm³/mol. The van der Waals surface area contributed by atoms with Gasteiger partial charge in [-0.15, -0.1) is 0 Å². The van der Waals surface area contributed by atoms with E-state index in [0.717, 1.165) is 18.8 Å². The zero-order valence-corrected chi connectivity index (χ0v) is 11.6. The molecule has 2 heterocycles. The van der Waals surface area contributed by atoms with Gasteiger partial charge < -0.3 is 5.32 Å². The predicted octanol–water partition coefficient (Wildman–Crippen LogP) is 2.81. The number of aryl methyl sites for hydroxylation is 1. The average molecular weight is 256 g/mol. The first kappa shape index (κ1) is 12.2. The van der Waals surface area contributed by atoms with Crippen LogP contribution in [0.5, 0.6) is 0 Å². The highest BCUT2D eigenvalue weighted by Gasteiger charge is 2.12. The molecular formula is C15H20N4. The summed E-state index contributed by atoms with van der Waals surface area (Å²) in [6.45, 7) is 5.36. The number of hydrogen-bond donors (Lipinski definition) is 1. The highest BCUT2D eigenvalue weighted by molar-refractivity contribution is 5.54. The van der Waals surface area contributed by atoms with Crippen molar-refractivity contribution in [3.8, 4) is 0 Å². The van der Waals surface area contributed by atoms with Crippen LogP contribution in [0.3, 0.4) is 0 Å². The standard InChI is InChI=1S/C15H20N4/c1-11(2)19-15(17-10-18-19)9-12-5-6-14-13(8-12)4-3-7-16-14/h5-6,8,10-11,16H,3-4,7,9H2,1-2H3. The summed E-state index contributed by atoms with van der Waals surface area (Å²) in [5, 5.41) is 7.74. The molecule has 0 saturated heterocycles. The van der Waals surface area contributed by atoms with Crippen LogP contribution in [0.15, 0.2) is 24.5 Å². The van der Waals surface area contributed by atoms with E-state index in [9.17, 15) is 0 Å². The Balaban J connectivity index is 1.85. The molecule has 0 aliphatic carbocycles. The third-order valence-electron chi connectivity index (χ3n) is 3.61. The van der Waals surface area contributed by atoms with E-state index in [4.69, 9.17) is 0 Å². The molecule has 19 heavy (non-hydrogen) atoms. The second-order valence-corrected chi connectivity index (χ2v) is 5.41. The van der Waals surface area contributed by atoms with Crippen LogP contribution in [-0.4, -0.2) is 21.3 Å². The summed E-state index contributed by atoms with van der Waals surface area (Å²) in [6, 6.07) is 7.05. The lowest BCUT2D eigenvalue weighted by atomic mass is 9.99. The summed E-state index contributed by atoms with van der Waals surface area (Å²) in [4.78, 5) is 4.38. The summed E-state index contributed by atoms with van der Waals surface area (Å²) in [5.41, 5.74) is 4.04. The fraction of sp³-hybridized carbons (Fsp3) is 0.467. The minimum absolute atomic E-state index is 0.358. The number of hydrogen-bond acceptors (Lipinski definition) is 3. The topological polar surface area (TPSA) is 42.7 Å². The molecule has 0 unspecified atom stereocenters. The molecule has 0 amide bonds. The molecule has 4 heteroatoms. The van der Waals surface area contributed by atoms with E-state index in [-0.39, 0.29) is 0 Å². The van der Waals surface area contributed by atoms with Gasteiger partial charge in [0.1, 0.15) is 12.2 Å². The maximum atomic E-state index is 4.38. The third kappa shape index (κ3) is 2.48. The van der Waals surface area contributed by atoms with Crippen LogP contribution in [0.25, 0.3) is 0 Å². The van der Waals surface area contributed by atoms with Crippen LogP contribution in [0.4, 0.5) is 5.69 Å². The SMILES string of the molecule is CC(C)n1ncnc1Cc1ccc2c(c1)CCCN2. The van der Waals surface area contributed by atoms with E-state index in [0.29, 0.717) is 6.04 Å². The fourth-order valence-electron chi connectivity index (χ4n) is 2.65. The van der Waals surface area contributed by atoms with Crippen molar-refractivity contribution in [1.29, 1.82) is 0 Å². The summed E-state index contributed by atoms with van der Waals surface area (Å²) in [7, 11) is 0. The van der Waals surface area contributed by atoms with E-state index in [2.05, 4.69) is 47.4 Å². The molecule has 4 nitrogen and oxygen atoms in total. The van der Waals surface area contributed by atoms with Gasteiger partial charge in [-0.25, -0.2) is 9.67 Å². The number of fused-ring (bicyclic) bond motifs is 1. The minimum Gasteiger partial charge on any atom is -0.385 e. The first-order chi connectivity index (χ1) is 9.24. The van der Waals surface area contributed by atoms with Crippen molar-refractivity contribution in [3.63, 3.8) is 0 Å². The van der Waals surface area contributed by atoms with Gasteiger partial charge in [0.2, 0.25) is 0 Å². The largest absolute Gasteiger partial charge is 0.385 e. The van der Waals surface area contributed by atoms with Gasteiger partial charge in [0.25, 0.3) is 0 Å². The summed E-state index contributed by atoms with van der Waals surface area (Å²) in [6.07, 6.45) is 4.90. The van der Waals surface area contributed by atoms with Gasteiger partial charge in [-0.1, -0.05) is 12.1 Å². The number of aromatic nitrogens is 3. The van der Waals surface area contributed by atoms with Gasteiger partial charge in [0.15, 0.2) is 0 Å². The Morgan fingerprint density at radius 3 is 3.11 bits per heavy atom. The third-order valence-corrected chi connectivity index (χ3v) is 3.61. The molecular weight excluding hydrogens is 236 g/mol. The molecule has 1 aliphatic rings. The number of nitrogens with zero attached hydrogens (tertiary/aromatic N) is 3. The minimum atomic E-state index is 0.358. The Hall–Kier alpha value is -1.84. The number of benzene rings is 1. The molecule has 0 fully saturated rings. The van der Waals surface area contributed by atoms with Crippen LogP contribution in [0.1, 0.15) is 43.3 Å². The molecule has 100 valence electrons. The number of anilines is 1. The fourth-order valence-corrected chi connectivity index (χ4v) is 2.65. The van der Waals surface area contributed by atoms with Crippen molar-refractivity contribution >= 4 is 5.69 Å². The van der Waals surface area contributed by atoms with Crippen molar-refractivity contribution in [2.45, 2.75) is 39.2 Å². The Kier molecular flexibility index (Phi) is 3.23. The van der Waals surface area contributed by atoms with Gasteiger partial charge in [-0.2, -0.15) is 5.10 Å². The maximum Gasteiger partial charge on any atom is 0.138 e. The molecule has 0 bridgehead atoms. The van der Waals surface area contributed by atoms with Crippen molar-refractivity contribution < 1.29 is 0 Å². The zero-order valence-electron chi connectivity index (χ0n) is 11.6. The van der Waals surface area contributed by atoms with Gasteiger partial charge in [0, 0.05) is 24.7 Å². The molecule has 2 aromatic rings. The molecule has 0 radical (unpaired) electrons. The molecule has 1 N–H and O–H groups in total. The van der Waals surface area contributed by atoms with E-state index >= 15 is 0 Å². The second kappa shape index (κ2) is 5.03. The Morgan fingerprint density at radius 2 is 2.26 bits per heavy atom. The highest BCUT2D eigenvalue weighted by atomic mass is 15.3. The van der Waals surface area contributed by atoms with Crippen LogP contribution >= 0.6 is 0 Å². The Morgan fingerprint density at radius 1 is 1.37 bits per heavy atom. The molecule has 0 spiro atoms. The van der Waals surface area contributed by atoms with Gasteiger partial charge in [-0.3, -0.25) is 0 Å². The van der Waals surface area contributed by atoms with E-state index in [1.165, 1.54) is 29.7 Å². The van der Waals surface area contributed by atoms with Gasteiger partial charge in [0.05, 0.1) is 0 Å². The molecule has 1 aromatic heterocycles. The number of nitrogens with one attached hydrogen (secondary N) is 1. The first-order valence-electron chi connectivity index (χ1n) is 6.98. The zero-order chi connectivity index (χ0) is 13.2. The van der Waals surface area contributed by atoms with Gasteiger partial charge in [-0.05, 0) is 43.9 Å². The monoisotopic (exact) mass is 256 g/mol. The van der Waals surface area contributed by atoms with Crippen molar-refractivity contribution in [3.05, 3.63) is 41.5 Å². The smallest absolute Gasteiger partial charge is 0.138 e. The lowest BCUT2D eigenvalue weighted by Crippen LogP contribution is -2.12. The average Bonchev–Trinajstić information content (AvgIpc) is 2.87. The Labute approximate surface area is 113 Å². The van der Waals surface area contributed by atoms with Crippen molar-refractivity contribution in [2.24, 2.45) is 0 Å². The van der Waals surface area contributed by atoms with Crippen LogP contribution in [0.2, 0.25) is 0 Å². The van der Waals surface area contributed by atoms with Crippen molar-refractivity contribution in [1.82, 2.24) is 14.8 Å². The lowest BCUT2D eigenvalue weighted by Gasteiger charge is -2.18. The summed E-state index contributed by atoms with van der Waals surface area (Å²) in [5.74, 6) is 1.04. The van der Waals surface area contributed by atoms with Crippen LogP contribution in [0, 0.1) is 0 Å². The Bertz CT molecular complexity index is 571. The summed E-state index contributed by atoms with van der Waals surface area (Å²) >= 11 is 0. The second-order valence-electron chi connectivity index (χ2n) is 5.41. The molecule has 0 atom stereocenters. The quantitative estimate of drug-likeness (QED) is 0.918. The van der Waals surface area contributed by atoms with E-state index in [1.54, 1.807) is 6.33 Å². The van der Waals surface area contributed by atoms with Crippen LogP contribution < -0.4 is 5.32 Å². The summed E-state index contributed by atoms with van der Waals surface area (Å²) < 4.78 is 2.00. The number of rotatable bonds is 3. The molecule has 0 saturated carbocycles. The van der Waals surface area contributed by atoms with Crippen LogP contribution in [-0.2, 0) is 12.8 Å². The lowest BCUT2D eigenvalue weighted by molar-refractivity contribution is 0.510. The van der Waals surface area contributed by atoms with E-state index < -0.39 is 0 Å².